The molecule has 0 aromatic heterocycles. The molecule has 1 aromatic carbocycles. The summed E-state index contributed by atoms with van der Waals surface area (Å²) in [6.07, 6.45) is 1.31. The number of benzene rings is 1. The molecule has 0 radical (unpaired) electrons. The largest absolute Gasteiger partial charge is 0.192 e. The minimum absolute atomic E-state index is 0.539. The zero-order valence-electron chi connectivity index (χ0n) is 7.77. The highest BCUT2D eigenvalue weighted by molar-refractivity contribution is 8.16. The molecule has 2 rings (SSSR count). The van der Waals surface area contributed by atoms with Gasteiger partial charge >= 0.3 is 0 Å². The van der Waals surface area contributed by atoms with Crippen molar-refractivity contribution < 1.29 is 0 Å². The zero-order chi connectivity index (χ0) is 9.80. The maximum Gasteiger partial charge on any atom is 0.0991 e. The standard InChI is InChI=1S/C11H11NS2/c12-8-9-3-1-4-10(7-9)11-13-5-2-6-14-11/h1,3-4,7,11H,2,5-6H2. The summed E-state index contributed by atoms with van der Waals surface area (Å²) in [5.41, 5.74) is 2.06. The van der Waals surface area contributed by atoms with Crippen molar-refractivity contribution in [2.45, 2.75) is 11.0 Å². The topological polar surface area (TPSA) is 23.8 Å². The van der Waals surface area contributed by atoms with Crippen LogP contribution in [0.15, 0.2) is 24.3 Å². The van der Waals surface area contributed by atoms with Gasteiger partial charge in [0.25, 0.3) is 0 Å². The lowest BCUT2D eigenvalue weighted by atomic mass is 10.1. The second-order valence-corrected chi connectivity index (χ2v) is 5.89. The van der Waals surface area contributed by atoms with Gasteiger partial charge in [-0.25, -0.2) is 0 Å². The van der Waals surface area contributed by atoms with E-state index in [1.807, 2.05) is 41.7 Å². The van der Waals surface area contributed by atoms with Crippen molar-refractivity contribution >= 4 is 23.5 Å². The summed E-state index contributed by atoms with van der Waals surface area (Å²) in [6, 6.07) is 10.2. The third kappa shape index (κ3) is 2.26. The van der Waals surface area contributed by atoms with Crippen LogP contribution in [0.4, 0.5) is 0 Å². The summed E-state index contributed by atoms with van der Waals surface area (Å²) in [5, 5.41) is 8.80. The van der Waals surface area contributed by atoms with Gasteiger partial charge in [0.1, 0.15) is 0 Å². The van der Waals surface area contributed by atoms with Crippen molar-refractivity contribution in [3.63, 3.8) is 0 Å². The van der Waals surface area contributed by atoms with Gasteiger partial charge < -0.3 is 0 Å². The summed E-state index contributed by atoms with van der Waals surface area (Å²) in [6.45, 7) is 0. The molecule has 3 heteroatoms. The Balaban J connectivity index is 2.18. The molecule has 0 unspecified atom stereocenters. The summed E-state index contributed by atoms with van der Waals surface area (Å²) >= 11 is 3.98. The molecule has 0 amide bonds. The van der Waals surface area contributed by atoms with E-state index in [2.05, 4.69) is 12.1 Å². The van der Waals surface area contributed by atoms with Crippen LogP contribution in [0.3, 0.4) is 0 Å². The molecule has 1 heterocycles. The quantitative estimate of drug-likeness (QED) is 0.726. The molecule has 72 valence electrons. The molecule has 1 fully saturated rings. The van der Waals surface area contributed by atoms with Crippen molar-refractivity contribution in [3.05, 3.63) is 35.4 Å². The molecule has 0 spiro atoms. The van der Waals surface area contributed by atoms with Crippen LogP contribution in [-0.4, -0.2) is 11.5 Å². The third-order valence-electron chi connectivity index (χ3n) is 2.12. The lowest BCUT2D eigenvalue weighted by Crippen LogP contribution is -2.00. The van der Waals surface area contributed by atoms with Gasteiger partial charge in [-0.2, -0.15) is 5.26 Å². The zero-order valence-corrected chi connectivity index (χ0v) is 9.40. The fraction of sp³-hybridized carbons (Fsp3) is 0.364. The molecule has 0 N–H and O–H groups in total. The first-order valence-electron chi connectivity index (χ1n) is 4.63. The third-order valence-corrected chi connectivity index (χ3v) is 5.13. The van der Waals surface area contributed by atoms with Gasteiger partial charge in [0, 0.05) is 0 Å². The van der Waals surface area contributed by atoms with Crippen LogP contribution in [0.2, 0.25) is 0 Å². The minimum atomic E-state index is 0.539. The van der Waals surface area contributed by atoms with Crippen LogP contribution >= 0.6 is 23.5 Å². The number of hydrogen-bond donors (Lipinski definition) is 0. The Morgan fingerprint density at radius 2 is 2.07 bits per heavy atom. The Morgan fingerprint density at radius 1 is 1.29 bits per heavy atom. The first kappa shape index (κ1) is 9.95. The molecule has 0 aliphatic carbocycles. The van der Waals surface area contributed by atoms with Gasteiger partial charge in [-0.15, -0.1) is 23.5 Å². The number of nitriles is 1. The van der Waals surface area contributed by atoms with E-state index in [4.69, 9.17) is 5.26 Å². The van der Waals surface area contributed by atoms with E-state index in [1.54, 1.807) is 0 Å². The Bertz CT molecular complexity index is 351. The maximum absolute atomic E-state index is 8.80. The molecule has 14 heavy (non-hydrogen) atoms. The lowest BCUT2D eigenvalue weighted by molar-refractivity contribution is 1.10. The fourth-order valence-corrected chi connectivity index (χ4v) is 4.31. The summed E-state index contributed by atoms with van der Waals surface area (Å²) in [5.74, 6) is 2.49. The maximum atomic E-state index is 8.80. The Labute approximate surface area is 92.9 Å². The highest BCUT2D eigenvalue weighted by Gasteiger charge is 2.16. The summed E-state index contributed by atoms with van der Waals surface area (Å²) in [4.78, 5) is 0. The number of hydrogen-bond acceptors (Lipinski definition) is 3. The Kier molecular flexibility index (Phi) is 3.39. The van der Waals surface area contributed by atoms with Crippen LogP contribution in [-0.2, 0) is 0 Å². The SMILES string of the molecule is N#Cc1cccc(C2SCCCS2)c1. The predicted molar refractivity (Wildman–Crippen MR) is 63.4 cm³/mol. The van der Waals surface area contributed by atoms with Gasteiger partial charge in [-0.05, 0) is 35.6 Å². The van der Waals surface area contributed by atoms with Crippen LogP contribution in [0, 0.1) is 11.3 Å². The molecule has 0 atom stereocenters. The molecular formula is C11H11NS2. The number of thioether (sulfide) groups is 2. The monoisotopic (exact) mass is 221 g/mol. The van der Waals surface area contributed by atoms with Crippen LogP contribution in [0.25, 0.3) is 0 Å². The minimum Gasteiger partial charge on any atom is -0.192 e. The molecule has 1 nitrogen and oxygen atoms in total. The molecule has 1 saturated heterocycles. The van der Waals surface area contributed by atoms with E-state index in [1.165, 1.54) is 23.5 Å². The normalized spacial score (nSPS) is 17.6. The van der Waals surface area contributed by atoms with Crippen molar-refractivity contribution in [2.24, 2.45) is 0 Å². The number of nitrogens with zero attached hydrogens (tertiary/aromatic N) is 1. The van der Waals surface area contributed by atoms with Gasteiger partial charge in [0.2, 0.25) is 0 Å². The second-order valence-electron chi connectivity index (χ2n) is 3.16. The highest BCUT2D eigenvalue weighted by Crippen LogP contribution is 2.43. The van der Waals surface area contributed by atoms with Crippen LogP contribution in [0.5, 0.6) is 0 Å². The second kappa shape index (κ2) is 4.77. The highest BCUT2D eigenvalue weighted by atomic mass is 32.2. The smallest absolute Gasteiger partial charge is 0.0991 e. The van der Waals surface area contributed by atoms with Crippen molar-refractivity contribution in [1.29, 1.82) is 5.26 Å². The Morgan fingerprint density at radius 3 is 2.79 bits per heavy atom. The number of rotatable bonds is 1. The van der Waals surface area contributed by atoms with Crippen LogP contribution in [0.1, 0.15) is 22.1 Å². The van der Waals surface area contributed by atoms with Crippen molar-refractivity contribution in [2.75, 3.05) is 11.5 Å². The molecule has 1 aromatic rings. The van der Waals surface area contributed by atoms with E-state index in [0.717, 1.165) is 5.56 Å². The average molecular weight is 221 g/mol. The predicted octanol–water partition coefficient (Wildman–Crippen LogP) is 3.43. The van der Waals surface area contributed by atoms with E-state index >= 15 is 0 Å². The molecule has 0 saturated carbocycles. The van der Waals surface area contributed by atoms with Gasteiger partial charge in [-0.3, -0.25) is 0 Å². The average Bonchev–Trinajstić information content (AvgIpc) is 2.30. The van der Waals surface area contributed by atoms with Gasteiger partial charge in [0.15, 0.2) is 0 Å². The molecule has 1 aliphatic rings. The van der Waals surface area contributed by atoms with Gasteiger partial charge in [0.05, 0.1) is 16.2 Å². The first-order chi connectivity index (χ1) is 6.90. The first-order valence-corrected chi connectivity index (χ1v) is 6.73. The lowest BCUT2D eigenvalue weighted by Gasteiger charge is -2.21. The van der Waals surface area contributed by atoms with Crippen molar-refractivity contribution in [3.8, 4) is 6.07 Å². The van der Waals surface area contributed by atoms with E-state index in [0.29, 0.717) is 4.58 Å². The van der Waals surface area contributed by atoms with E-state index in [-0.39, 0.29) is 0 Å². The Hall–Kier alpha value is -0.590. The summed E-state index contributed by atoms with van der Waals surface area (Å²) in [7, 11) is 0. The molecule has 0 bridgehead atoms. The molecule has 1 aliphatic heterocycles. The van der Waals surface area contributed by atoms with E-state index < -0.39 is 0 Å². The van der Waals surface area contributed by atoms with E-state index in [9.17, 15) is 0 Å². The van der Waals surface area contributed by atoms with Gasteiger partial charge in [-0.1, -0.05) is 12.1 Å². The molecular weight excluding hydrogens is 210 g/mol. The van der Waals surface area contributed by atoms with Crippen molar-refractivity contribution in [1.82, 2.24) is 0 Å². The van der Waals surface area contributed by atoms with Crippen LogP contribution < -0.4 is 0 Å². The fourth-order valence-electron chi connectivity index (χ4n) is 1.44. The summed E-state index contributed by atoms with van der Waals surface area (Å²) < 4.78 is 0.539.